The molecule has 1 fully saturated rings. The lowest BCUT2D eigenvalue weighted by Gasteiger charge is -2.34. The van der Waals surface area contributed by atoms with Crippen molar-refractivity contribution >= 4 is 61.3 Å². The highest BCUT2D eigenvalue weighted by atomic mass is 35.5. The molecule has 6 nitrogen and oxygen atoms in total. The van der Waals surface area contributed by atoms with E-state index in [1.165, 1.54) is 11.1 Å². The molecule has 2 aromatic rings. The monoisotopic (exact) mass is 550 g/mol. The van der Waals surface area contributed by atoms with Gasteiger partial charge in [-0.1, -0.05) is 48.5 Å². The molecule has 0 amide bonds. The zero-order valence-corrected chi connectivity index (χ0v) is 23.5. The Bertz CT molecular complexity index is 791. The van der Waals surface area contributed by atoms with E-state index in [-0.39, 0.29) is 49.6 Å². The van der Waals surface area contributed by atoms with Crippen LogP contribution in [0.25, 0.3) is 0 Å². The molecule has 0 bridgehead atoms. The van der Waals surface area contributed by atoms with E-state index in [0.29, 0.717) is 0 Å². The fourth-order valence-corrected chi connectivity index (χ4v) is 3.93. The number of rotatable bonds is 6. The molecule has 0 radical (unpaired) electrons. The molecule has 2 aromatic carbocycles. The molecule has 2 N–H and O–H groups in total. The molecular weight excluding hydrogens is 514 g/mol. The lowest BCUT2D eigenvalue weighted by Crippen LogP contribution is -2.45. The van der Waals surface area contributed by atoms with Gasteiger partial charge in [0.15, 0.2) is 0 Å². The molecule has 1 heterocycles. The number of halogens is 4. The number of benzene rings is 2. The number of hydrogen-bond donors (Lipinski definition) is 2. The van der Waals surface area contributed by atoms with Crippen molar-refractivity contribution in [2.24, 2.45) is 9.98 Å². The topological polar surface area (TPSA) is 55.3 Å². The normalized spacial score (nSPS) is 14.6. The Balaban J connectivity index is 0. The summed E-state index contributed by atoms with van der Waals surface area (Å²) >= 11 is 0. The molecular formula is C24H38Cl4N6. The van der Waals surface area contributed by atoms with Crippen molar-refractivity contribution in [1.29, 1.82) is 0 Å². The lowest BCUT2D eigenvalue weighted by atomic mass is 10.1. The molecule has 34 heavy (non-hydrogen) atoms. The fourth-order valence-electron chi connectivity index (χ4n) is 3.93. The maximum Gasteiger partial charge on any atom is 0.127 e. The van der Waals surface area contributed by atoms with Crippen molar-refractivity contribution in [2.45, 2.75) is 13.1 Å². The third kappa shape index (κ3) is 9.61. The van der Waals surface area contributed by atoms with Gasteiger partial charge in [0.1, 0.15) is 11.7 Å². The molecule has 1 aliphatic rings. The van der Waals surface area contributed by atoms with E-state index in [4.69, 9.17) is 0 Å². The van der Waals surface area contributed by atoms with Gasteiger partial charge in [-0.3, -0.25) is 19.8 Å². The molecule has 0 aliphatic carbocycles. The molecule has 0 unspecified atom stereocenters. The molecule has 192 valence electrons. The van der Waals surface area contributed by atoms with Crippen molar-refractivity contribution in [3.8, 4) is 0 Å². The van der Waals surface area contributed by atoms with Crippen LogP contribution in [0.2, 0.25) is 0 Å². The number of nitrogens with one attached hydrogen (secondary N) is 2. The van der Waals surface area contributed by atoms with Gasteiger partial charge in [0.25, 0.3) is 0 Å². The third-order valence-corrected chi connectivity index (χ3v) is 5.65. The van der Waals surface area contributed by atoms with Crippen molar-refractivity contribution in [3.05, 3.63) is 70.8 Å². The first-order valence-corrected chi connectivity index (χ1v) is 10.6. The number of aliphatic imine (C=N–C) groups is 2. The van der Waals surface area contributed by atoms with Gasteiger partial charge in [0, 0.05) is 78.6 Å². The first-order chi connectivity index (χ1) is 14.7. The molecule has 1 saturated heterocycles. The SMILES string of the molecule is CN=C(NC)c1ccc(CN2CCN(Cc3ccc(C(=NC)NC)cc3)CC2)cc1.Cl.Cl.Cl.Cl. The summed E-state index contributed by atoms with van der Waals surface area (Å²) in [5, 5.41) is 6.27. The Labute approximate surface area is 229 Å². The maximum absolute atomic E-state index is 4.27. The first kappa shape index (κ1) is 34.6. The molecule has 0 aromatic heterocycles. The zero-order chi connectivity index (χ0) is 21.3. The standard InChI is InChI=1S/C24H34N6.4ClH/c1-25-23(26-2)21-9-5-19(6-10-21)17-29-13-15-30(16-14-29)18-20-7-11-22(12-8-20)24(27-3)28-4;;;;/h5-12H,13-18H2,1-4H3,(H,25,26)(H,27,28);4*1H. The Morgan fingerprint density at radius 2 is 0.912 bits per heavy atom. The summed E-state index contributed by atoms with van der Waals surface area (Å²) < 4.78 is 0. The molecule has 3 rings (SSSR count). The highest BCUT2D eigenvalue weighted by Gasteiger charge is 2.17. The van der Waals surface area contributed by atoms with Crippen LogP contribution in [0.4, 0.5) is 0 Å². The second-order valence-corrected chi connectivity index (χ2v) is 7.59. The minimum atomic E-state index is 0. The Morgan fingerprint density at radius 3 is 1.15 bits per heavy atom. The average Bonchev–Trinajstić information content (AvgIpc) is 2.79. The smallest absolute Gasteiger partial charge is 0.127 e. The highest BCUT2D eigenvalue weighted by molar-refractivity contribution is 5.99. The minimum absolute atomic E-state index is 0. The van der Waals surface area contributed by atoms with Crippen LogP contribution >= 0.6 is 49.6 Å². The van der Waals surface area contributed by atoms with Crippen molar-refractivity contribution in [1.82, 2.24) is 20.4 Å². The second-order valence-electron chi connectivity index (χ2n) is 7.59. The van der Waals surface area contributed by atoms with E-state index in [1.54, 1.807) is 0 Å². The maximum atomic E-state index is 4.27. The van der Waals surface area contributed by atoms with Crippen LogP contribution in [0.15, 0.2) is 58.5 Å². The lowest BCUT2D eigenvalue weighted by molar-refractivity contribution is 0.122. The summed E-state index contributed by atoms with van der Waals surface area (Å²) in [6.45, 7) is 6.41. The average molecular weight is 552 g/mol. The molecule has 0 atom stereocenters. The molecule has 0 saturated carbocycles. The largest absolute Gasteiger partial charge is 0.373 e. The predicted molar refractivity (Wildman–Crippen MR) is 155 cm³/mol. The van der Waals surface area contributed by atoms with Crippen LogP contribution in [0.1, 0.15) is 22.3 Å². The van der Waals surface area contributed by atoms with Gasteiger partial charge in [-0.2, -0.15) is 0 Å². The van der Waals surface area contributed by atoms with Crippen LogP contribution in [0.3, 0.4) is 0 Å². The van der Waals surface area contributed by atoms with Crippen LogP contribution in [-0.4, -0.2) is 75.8 Å². The van der Waals surface area contributed by atoms with Gasteiger partial charge in [-0.05, 0) is 11.1 Å². The van der Waals surface area contributed by atoms with Crippen molar-refractivity contribution in [3.63, 3.8) is 0 Å². The Hall–Kier alpha value is -1.54. The summed E-state index contributed by atoms with van der Waals surface area (Å²) in [6, 6.07) is 17.5. The molecule has 10 heteroatoms. The molecule has 0 spiro atoms. The van der Waals surface area contributed by atoms with Gasteiger partial charge in [-0.15, -0.1) is 49.6 Å². The zero-order valence-electron chi connectivity index (χ0n) is 20.3. The second kappa shape index (κ2) is 17.8. The number of nitrogens with zero attached hydrogens (tertiary/aromatic N) is 4. The number of amidine groups is 2. The number of piperazine rings is 1. The van der Waals surface area contributed by atoms with Gasteiger partial charge in [0.05, 0.1) is 0 Å². The summed E-state index contributed by atoms with van der Waals surface area (Å²) in [7, 11) is 7.44. The van der Waals surface area contributed by atoms with Crippen LogP contribution in [0.5, 0.6) is 0 Å². The summed E-state index contributed by atoms with van der Waals surface area (Å²) in [5.41, 5.74) is 4.97. The Morgan fingerprint density at radius 1 is 0.618 bits per heavy atom. The van der Waals surface area contributed by atoms with Crippen LogP contribution < -0.4 is 10.6 Å². The van der Waals surface area contributed by atoms with Crippen molar-refractivity contribution < 1.29 is 0 Å². The Kier molecular flexibility index (Phi) is 18.2. The first-order valence-electron chi connectivity index (χ1n) is 10.6. The van der Waals surface area contributed by atoms with Gasteiger partial charge >= 0.3 is 0 Å². The molecule has 1 aliphatic heterocycles. The van der Waals surface area contributed by atoms with E-state index in [9.17, 15) is 0 Å². The summed E-state index contributed by atoms with van der Waals surface area (Å²) in [5.74, 6) is 1.85. The van der Waals surface area contributed by atoms with Gasteiger partial charge in [0.2, 0.25) is 0 Å². The third-order valence-electron chi connectivity index (χ3n) is 5.65. The van der Waals surface area contributed by atoms with E-state index in [0.717, 1.165) is 62.1 Å². The van der Waals surface area contributed by atoms with Crippen LogP contribution in [-0.2, 0) is 13.1 Å². The van der Waals surface area contributed by atoms with Gasteiger partial charge in [-0.25, -0.2) is 0 Å². The van der Waals surface area contributed by atoms with Gasteiger partial charge < -0.3 is 10.6 Å². The minimum Gasteiger partial charge on any atom is -0.373 e. The summed E-state index contributed by atoms with van der Waals surface area (Å²) in [6.07, 6.45) is 0. The van der Waals surface area contributed by atoms with E-state index in [1.807, 2.05) is 28.2 Å². The van der Waals surface area contributed by atoms with E-state index < -0.39 is 0 Å². The number of hydrogen-bond acceptors (Lipinski definition) is 4. The quantitative estimate of drug-likeness (QED) is 0.422. The van der Waals surface area contributed by atoms with E-state index >= 15 is 0 Å². The van der Waals surface area contributed by atoms with E-state index in [2.05, 4.69) is 78.9 Å². The predicted octanol–water partition coefficient (Wildman–Crippen LogP) is 3.88. The van der Waals surface area contributed by atoms with Crippen molar-refractivity contribution in [2.75, 3.05) is 54.4 Å². The summed E-state index contributed by atoms with van der Waals surface area (Å²) in [4.78, 5) is 13.6. The fraction of sp³-hybridized carbons (Fsp3) is 0.417. The van der Waals surface area contributed by atoms with Crippen LogP contribution in [0, 0.1) is 0 Å². The highest BCUT2D eigenvalue weighted by Crippen LogP contribution is 2.13.